The van der Waals surface area contributed by atoms with Crippen molar-refractivity contribution in [1.82, 2.24) is 10.2 Å². The summed E-state index contributed by atoms with van der Waals surface area (Å²) in [6.07, 6.45) is 0.990. The number of carbonyl (C=O) groups is 1. The van der Waals surface area contributed by atoms with Crippen LogP contribution in [0.15, 0.2) is 0 Å². The highest BCUT2D eigenvalue weighted by Gasteiger charge is 2.33. The van der Waals surface area contributed by atoms with Crippen LogP contribution in [0.4, 0.5) is 0 Å². The Labute approximate surface area is 105 Å². The molecule has 0 aromatic rings. The molecule has 0 aromatic heterocycles. The summed E-state index contributed by atoms with van der Waals surface area (Å²) in [5, 5.41) is 3.29. The molecule has 1 N–H and O–H groups in total. The van der Waals surface area contributed by atoms with E-state index in [1.807, 2.05) is 4.90 Å². The normalized spacial score (nSPS) is 25.9. The van der Waals surface area contributed by atoms with E-state index in [0.717, 1.165) is 19.5 Å². The topological polar surface area (TPSA) is 41.6 Å². The third kappa shape index (κ3) is 3.68. The lowest BCUT2D eigenvalue weighted by Gasteiger charge is -2.31. The summed E-state index contributed by atoms with van der Waals surface area (Å²) in [5.41, 5.74) is 0. The van der Waals surface area contributed by atoms with Crippen molar-refractivity contribution in [2.75, 3.05) is 33.4 Å². The Morgan fingerprint density at radius 2 is 2.24 bits per heavy atom. The van der Waals surface area contributed by atoms with E-state index >= 15 is 0 Å². The molecule has 1 heterocycles. The Morgan fingerprint density at radius 3 is 2.71 bits per heavy atom. The highest BCUT2D eigenvalue weighted by Crippen LogP contribution is 2.20. The number of carbonyl (C=O) groups excluding carboxylic acids is 1. The van der Waals surface area contributed by atoms with Crippen molar-refractivity contribution in [3.05, 3.63) is 0 Å². The Bertz CT molecular complexity index is 246. The van der Waals surface area contributed by atoms with E-state index in [0.29, 0.717) is 25.1 Å². The Hall–Kier alpha value is -0.610. The average molecular weight is 242 g/mol. The van der Waals surface area contributed by atoms with Gasteiger partial charge in [-0.15, -0.1) is 0 Å². The van der Waals surface area contributed by atoms with Crippen molar-refractivity contribution < 1.29 is 9.53 Å². The molecule has 0 bridgehead atoms. The van der Waals surface area contributed by atoms with Gasteiger partial charge in [0, 0.05) is 26.2 Å². The summed E-state index contributed by atoms with van der Waals surface area (Å²) in [7, 11) is 1.68. The van der Waals surface area contributed by atoms with Crippen molar-refractivity contribution in [2.24, 2.45) is 11.8 Å². The fourth-order valence-electron chi connectivity index (χ4n) is 2.31. The van der Waals surface area contributed by atoms with Crippen molar-refractivity contribution in [3.63, 3.8) is 0 Å². The SMILES string of the molecule is CCC(C)N(CCOC)C(=O)C1CNCC1C. The first kappa shape index (κ1) is 14.5. The molecule has 0 aromatic carbocycles. The van der Waals surface area contributed by atoms with Crippen LogP contribution >= 0.6 is 0 Å². The molecule has 17 heavy (non-hydrogen) atoms. The molecule has 1 rings (SSSR count). The van der Waals surface area contributed by atoms with Crippen LogP contribution in [-0.4, -0.2) is 50.2 Å². The first-order valence-electron chi connectivity index (χ1n) is 6.61. The molecule has 1 saturated heterocycles. The predicted molar refractivity (Wildman–Crippen MR) is 68.9 cm³/mol. The van der Waals surface area contributed by atoms with Gasteiger partial charge in [-0.05, 0) is 25.8 Å². The standard InChI is InChI=1S/C13H26N2O2/c1-5-11(3)15(6-7-17-4)13(16)12-9-14-8-10(12)2/h10-12,14H,5-9H2,1-4H3. The van der Waals surface area contributed by atoms with Gasteiger partial charge in [-0.25, -0.2) is 0 Å². The van der Waals surface area contributed by atoms with Gasteiger partial charge in [0.2, 0.25) is 5.91 Å². The molecule has 1 amide bonds. The number of nitrogens with zero attached hydrogens (tertiary/aromatic N) is 1. The third-order valence-electron chi connectivity index (χ3n) is 3.78. The van der Waals surface area contributed by atoms with Gasteiger partial charge in [0.05, 0.1) is 12.5 Å². The first-order chi connectivity index (χ1) is 8.11. The van der Waals surface area contributed by atoms with E-state index in [2.05, 4.69) is 26.1 Å². The van der Waals surface area contributed by atoms with E-state index in [-0.39, 0.29) is 11.8 Å². The molecule has 0 saturated carbocycles. The lowest BCUT2D eigenvalue weighted by molar-refractivity contribution is -0.138. The van der Waals surface area contributed by atoms with E-state index in [9.17, 15) is 4.79 Å². The van der Waals surface area contributed by atoms with Crippen molar-refractivity contribution in [3.8, 4) is 0 Å². The molecule has 3 atom stereocenters. The second-order valence-electron chi connectivity index (χ2n) is 5.02. The molecule has 100 valence electrons. The number of hydrogen-bond donors (Lipinski definition) is 1. The maximum Gasteiger partial charge on any atom is 0.227 e. The van der Waals surface area contributed by atoms with E-state index in [4.69, 9.17) is 4.74 Å². The quantitative estimate of drug-likeness (QED) is 0.759. The number of methoxy groups -OCH3 is 1. The fraction of sp³-hybridized carbons (Fsp3) is 0.923. The van der Waals surface area contributed by atoms with E-state index in [1.165, 1.54) is 0 Å². The zero-order chi connectivity index (χ0) is 12.8. The number of hydrogen-bond acceptors (Lipinski definition) is 3. The van der Waals surface area contributed by atoms with E-state index < -0.39 is 0 Å². The molecular weight excluding hydrogens is 216 g/mol. The van der Waals surface area contributed by atoms with Gasteiger partial charge in [0.15, 0.2) is 0 Å². The zero-order valence-electron chi connectivity index (χ0n) is 11.5. The molecule has 1 aliphatic rings. The van der Waals surface area contributed by atoms with Gasteiger partial charge in [-0.1, -0.05) is 13.8 Å². The third-order valence-corrected chi connectivity index (χ3v) is 3.78. The number of amides is 1. The number of ether oxygens (including phenoxy) is 1. The minimum atomic E-state index is 0.140. The van der Waals surface area contributed by atoms with E-state index in [1.54, 1.807) is 7.11 Å². The summed E-state index contributed by atoms with van der Waals surface area (Å²) >= 11 is 0. The summed E-state index contributed by atoms with van der Waals surface area (Å²) in [6.45, 7) is 9.47. The number of rotatable bonds is 6. The zero-order valence-corrected chi connectivity index (χ0v) is 11.5. The van der Waals surface area contributed by atoms with Gasteiger partial charge in [0.25, 0.3) is 0 Å². The molecule has 4 heteroatoms. The molecule has 1 fully saturated rings. The maximum absolute atomic E-state index is 12.5. The molecule has 4 nitrogen and oxygen atoms in total. The fourth-order valence-corrected chi connectivity index (χ4v) is 2.31. The van der Waals surface area contributed by atoms with Gasteiger partial charge >= 0.3 is 0 Å². The Kier molecular flexibility index (Phi) is 5.92. The second kappa shape index (κ2) is 6.97. The van der Waals surface area contributed by atoms with Gasteiger partial charge in [-0.2, -0.15) is 0 Å². The van der Waals surface area contributed by atoms with Crippen molar-refractivity contribution in [1.29, 1.82) is 0 Å². The lowest BCUT2D eigenvalue weighted by Crippen LogP contribution is -2.45. The van der Waals surface area contributed by atoms with Crippen LogP contribution in [0.2, 0.25) is 0 Å². The number of nitrogens with one attached hydrogen (secondary N) is 1. The molecule has 0 spiro atoms. The highest BCUT2D eigenvalue weighted by atomic mass is 16.5. The Balaban J connectivity index is 2.64. The van der Waals surface area contributed by atoms with Crippen LogP contribution in [-0.2, 0) is 9.53 Å². The summed E-state index contributed by atoms with van der Waals surface area (Å²) < 4.78 is 5.10. The predicted octanol–water partition coefficient (Wildman–Crippen LogP) is 1.12. The van der Waals surface area contributed by atoms with Crippen LogP contribution in [0, 0.1) is 11.8 Å². The van der Waals surface area contributed by atoms with Crippen LogP contribution in [0.25, 0.3) is 0 Å². The average Bonchev–Trinajstić information content (AvgIpc) is 2.75. The second-order valence-corrected chi connectivity index (χ2v) is 5.02. The van der Waals surface area contributed by atoms with Gasteiger partial charge < -0.3 is 15.0 Å². The smallest absolute Gasteiger partial charge is 0.227 e. The largest absolute Gasteiger partial charge is 0.383 e. The van der Waals surface area contributed by atoms with Crippen LogP contribution in [0.5, 0.6) is 0 Å². The van der Waals surface area contributed by atoms with Gasteiger partial charge in [-0.3, -0.25) is 4.79 Å². The Morgan fingerprint density at radius 1 is 1.53 bits per heavy atom. The minimum Gasteiger partial charge on any atom is -0.383 e. The summed E-state index contributed by atoms with van der Waals surface area (Å²) in [5.74, 6) is 0.867. The molecular formula is C13H26N2O2. The van der Waals surface area contributed by atoms with Crippen LogP contribution < -0.4 is 5.32 Å². The molecule has 0 aliphatic carbocycles. The first-order valence-corrected chi connectivity index (χ1v) is 6.61. The van der Waals surface area contributed by atoms with Gasteiger partial charge in [0.1, 0.15) is 0 Å². The maximum atomic E-state index is 12.5. The van der Waals surface area contributed by atoms with Crippen LogP contribution in [0.1, 0.15) is 27.2 Å². The van der Waals surface area contributed by atoms with Crippen molar-refractivity contribution in [2.45, 2.75) is 33.2 Å². The molecule has 1 aliphatic heterocycles. The van der Waals surface area contributed by atoms with Crippen molar-refractivity contribution >= 4 is 5.91 Å². The monoisotopic (exact) mass is 242 g/mol. The minimum absolute atomic E-state index is 0.140. The lowest BCUT2D eigenvalue weighted by atomic mass is 9.96. The summed E-state index contributed by atoms with van der Waals surface area (Å²) in [4.78, 5) is 14.5. The summed E-state index contributed by atoms with van der Waals surface area (Å²) in [6, 6.07) is 0.297. The molecule has 3 unspecified atom stereocenters. The van der Waals surface area contributed by atoms with Crippen LogP contribution in [0.3, 0.4) is 0 Å². The highest BCUT2D eigenvalue weighted by molar-refractivity contribution is 5.80. The molecule has 0 radical (unpaired) electrons.